The second kappa shape index (κ2) is 37.6. The van der Waals surface area contributed by atoms with E-state index in [1.165, 1.54) is 38.5 Å². The monoisotopic (exact) mass is 330 g/mol. The van der Waals surface area contributed by atoms with Gasteiger partial charge in [0.25, 0.3) is 0 Å². The summed E-state index contributed by atoms with van der Waals surface area (Å²) in [6, 6.07) is 0. The van der Waals surface area contributed by atoms with Crippen molar-refractivity contribution in [2.24, 2.45) is 0 Å². The Balaban J connectivity index is -0.000000108. The Morgan fingerprint density at radius 1 is 0.409 bits per heavy atom. The van der Waals surface area contributed by atoms with Crippen molar-refractivity contribution >= 4 is 17.4 Å². The molecule has 4 heteroatoms. The van der Waals surface area contributed by atoms with Crippen LogP contribution in [0.1, 0.15) is 97.8 Å². The van der Waals surface area contributed by atoms with Crippen LogP contribution in [0.5, 0.6) is 0 Å². The Morgan fingerprint density at radius 2 is 0.636 bits per heavy atom. The number of rotatable bonds is 12. The molecule has 0 aliphatic carbocycles. The molecule has 0 N–H and O–H groups in total. The molecule has 0 atom stereocenters. The van der Waals surface area contributed by atoms with Crippen LogP contribution in [-0.4, -0.2) is 37.2 Å². The molecule has 0 heterocycles. The minimum absolute atomic E-state index is 0. The molecule has 0 spiro atoms. The van der Waals surface area contributed by atoms with Crippen LogP contribution in [0.25, 0.3) is 0 Å². The van der Waals surface area contributed by atoms with E-state index in [1.54, 1.807) is 0 Å². The van der Waals surface area contributed by atoms with Gasteiger partial charge in [0.15, 0.2) is 0 Å². The van der Waals surface area contributed by atoms with Crippen LogP contribution >= 0.6 is 0 Å². The number of hydrogen-bond donors (Lipinski definition) is 0. The van der Waals surface area contributed by atoms with Crippen molar-refractivity contribution in [1.82, 2.24) is 0 Å². The molecule has 3 nitrogen and oxygen atoms in total. The summed E-state index contributed by atoms with van der Waals surface area (Å²) in [4.78, 5) is 0. The van der Waals surface area contributed by atoms with Gasteiger partial charge < -0.3 is 15.3 Å². The van der Waals surface area contributed by atoms with E-state index in [9.17, 15) is 15.3 Å². The smallest absolute Gasteiger partial charge is 0.854 e. The molecule has 0 fully saturated rings. The largest absolute Gasteiger partial charge is 3.00 e. The molecule has 0 saturated carbocycles. The van der Waals surface area contributed by atoms with E-state index in [4.69, 9.17) is 0 Å². The standard InChI is InChI=1S/3C6H13O.Al/c3*1-2-3-4-5-6-7;/h3*2-6H2,1H3;/q3*-1;+3. The van der Waals surface area contributed by atoms with Gasteiger partial charge in [-0.1, -0.05) is 97.8 Å². The first-order valence-electron chi connectivity index (χ1n) is 8.99. The summed E-state index contributed by atoms with van der Waals surface area (Å²) in [5.74, 6) is 0. The van der Waals surface area contributed by atoms with E-state index < -0.39 is 0 Å². The van der Waals surface area contributed by atoms with Gasteiger partial charge in [0, 0.05) is 0 Å². The van der Waals surface area contributed by atoms with Crippen LogP contribution in [0.3, 0.4) is 0 Å². The van der Waals surface area contributed by atoms with Crippen molar-refractivity contribution < 1.29 is 15.3 Å². The van der Waals surface area contributed by atoms with Gasteiger partial charge in [0.2, 0.25) is 0 Å². The van der Waals surface area contributed by atoms with Gasteiger partial charge in [0.1, 0.15) is 0 Å². The molecule has 0 aromatic rings. The van der Waals surface area contributed by atoms with Crippen LogP contribution in [0.4, 0.5) is 0 Å². The van der Waals surface area contributed by atoms with Crippen LogP contribution in [-0.2, 0) is 0 Å². The summed E-state index contributed by atoms with van der Waals surface area (Å²) in [5.41, 5.74) is 0. The molecule has 0 amide bonds. The van der Waals surface area contributed by atoms with E-state index in [0.717, 1.165) is 38.5 Å². The second-order valence-corrected chi connectivity index (χ2v) is 5.29. The molecule has 132 valence electrons. The first-order chi connectivity index (χ1) is 10.2. The molecule has 0 unspecified atom stereocenters. The molecular weight excluding hydrogens is 291 g/mol. The van der Waals surface area contributed by atoms with Crippen LogP contribution in [0, 0.1) is 0 Å². The Kier molecular flexibility index (Phi) is 51.7. The minimum atomic E-state index is 0. The predicted molar refractivity (Wildman–Crippen MR) is 92.8 cm³/mol. The third kappa shape index (κ3) is 49.9. The van der Waals surface area contributed by atoms with Gasteiger partial charge in [-0.2, -0.15) is 0 Å². The third-order valence-electron chi connectivity index (χ3n) is 2.99. The zero-order chi connectivity index (χ0) is 16.6. The molecule has 0 aromatic heterocycles. The van der Waals surface area contributed by atoms with E-state index >= 15 is 0 Å². The average molecular weight is 330 g/mol. The van der Waals surface area contributed by atoms with Crippen molar-refractivity contribution in [3.63, 3.8) is 0 Å². The summed E-state index contributed by atoms with van der Waals surface area (Å²) in [7, 11) is 0. The van der Waals surface area contributed by atoms with Crippen LogP contribution in [0.15, 0.2) is 0 Å². The maximum atomic E-state index is 9.80. The SMILES string of the molecule is CCCCCC[O-].CCCCCC[O-].CCCCCC[O-].[Al+3]. The summed E-state index contributed by atoms with van der Waals surface area (Å²) in [5, 5.41) is 29.4. The molecule has 0 aliphatic heterocycles. The molecule has 0 aromatic carbocycles. The van der Waals surface area contributed by atoms with Gasteiger partial charge in [-0.3, -0.25) is 0 Å². The Bertz CT molecular complexity index is 99.7. The number of hydrogen-bond acceptors (Lipinski definition) is 3. The molecule has 0 radical (unpaired) electrons. The molecule has 0 bridgehead atoms. The Labute approximate surface area is 150 Å². The fourth-order valence-electron chi connectivity index (χ4n) is 1.59. The summed E-state index contributed by atoms with van der Waals surface area (Å²) in [6.07, 6.45) is 13.3. The Morgan fingerprint density at radius 3 is 0.773 bits per heavy atom. The summed E-state index contributed by atoms with van der Waals surface area (Å²) >= 11 is 0. The maximum Gasteiger partial charge on any atom is 3.00 e. The molecule has 0 rings (SSSR count). The molecule has 0 saturated heterocycles. The van der Waals surface area contributed by atoms with Crippen molar-refractivity contribution in [2.45, 2.75) is 97.8 Å². The van der Waals surface area contributed by atoms with Crippen molar-refractivity contribution in [2.75, 3.05) is 19.8 Å². The van der Waals surface area contributed by atoms with Gasteiger partial charge in [-0.15, -0.1) is 19.8 Å². The van der Waals surface area contributed by atoms with Gasteiger partial charge in [-0.25, -0.2) is 0 Å². The van der Waals surface area contributed by atoms with Crippen LogP contribution in [0.2, 0.25) is 0 Å². The van der Waals surface area contributed by atoms with Gasteiger partial charge in [0.05, 0.1) is 0 Å². The van der Waals surface area contributed by atoms with Gasteiger partial charge >= 0.3 is 17.4 Å². The Hall–Kier alpha value is 0.412. The van der Waals surface area contributed by atoms with E-state index in [2.05, 4.69) is 20.8 Å². The maximum absolute atomic E-state index is 9.80. The molecular formula is C18H39AlO3. The third-order valence-corrected chi connectivity index (χ3v) is 2.99. The topological polar surface area (TPSA) is 69.2 Å². The van der Waals surface area contributed by atoms with Crippen molar-refractivity contribution in [3.8, 4) is 0 Å². The minimum Gasteiger partial charge on any atom is -0.854 e. The van der Waals surface area contributed by atoms with Gasteiger partial charge in [-0.05, 0) is 0 Å². The van der Waals surface area contributed by atoms with E-state index in [0.29, 0.717) is 0 Å². The summed E-state index contributed by atoms with van der Waals surface area (Å²) < 4.78 is 0. The fraction of sp³-hybridized carbons (Fsp3) is 1.00. The van der Waals surface area contributed by atoms with E-state index in [-0.39, 0.29) is 37.2 Å². The first kappa shape index (κ1) is 30.3. The molecule has 0 aliphatic rings. The molecule has 22 heavy (non-hydrogen) atoms. The fourth-order valence-corrected chi connectivity index (χ4v) is 1.59. The zero-order valence-electron chi connectivity index (χ0n) is 15.4. The second-order valence-electron chi connectivity index (χ2n) is 5.29. The normalized spacial score (nSPS) is 9.00. The van der Waals surface area contributed by atoms with E-state index in [1.807, 2.05) is 0 Å². The van der Waals surface area contributed by atoms with Crippen LogP contribution < -0.4 is 15.3 Å². The zero-order valence-corrected chi connectivity index (χ0v) is 16.6. The quantitative estimate of drug-likeness (QED) is 0.407. The first-order valence-corrected chi connectivity index (χ1v) is 8.99. The predicted octanol–water partition coefficient (Wildman–Crippen LogP) is 2.40. The van der Waals surface area contributed by atoms with Crippen molar-refractivity contribution in [3.05, 3.63) is 0 Å². The van der Waals surface area contributed by atoms with Crippen molar-refractivity contribution in [1.29, 1.82) is 0 Å². The number of unbranched alkanes of at least 4 members (excludes halogenated alkanes) is 9. The average Bonchev–Trinajstić information content (AvgIpc) is 2.50. The summed E-state index contributed by atoms with van der Waals surface area (Å²) in [6.45, 7) is 6.76.